The van der Waals surface area contributed by atoms with Crippen molar-refractivity contribution < 1.29 is 58.2 Å². The van der Waals surface area contributed by atoms with Crippen LogP contribution < -0.4 is 0 Å². The number of carbonyl (C=O) groups is 1. The van der Waals surface area contributed by atoms with Gasteiger partial charge in [-0.2, -0.15) is 48.3 Å². The maximum atomic E-state index is 12.6. The summed E-state index contributed by atoms with van der Waals surface area (Å²) in [6, 6.07) is 0. The zero-order valence-corrected chi connectivity index (χ0v) is 8.72. The fourth-order valence-corrected chi connectivity index (χ4v) is 0.865. The average molecular weight is 328 g/mol. The van der Waals surface area contributed by atoms with E-state index >= 15 is 0 Å². The van der Waals surface area contributed by atoms with E-state index in [1.54, 1.807) is 0 Å². The van der Waals surface area contributed by atoms with E-state index in [2.05, 4.69) is 0 Å². The highest BCUT2D eigenvalue weighted by Gasteiger charge is 2.77. The van der Waals surface area contributed by atoms with Gasteiger partial charge >= 0.3 is 35.8 Å². The van der Waals surface area contributed by atoms with Crippen LogP contribution in [0.5, 0.6) is 0 Å². The largest absolute Gasteiger partial charge is 0.477 e. The second kappa shape index (κ2) is 4.62. The lowest BCUT2D eigenvalue weighted by atomic mass is 9.99. The van der Waals surface area contributed by atoms with Gasteiger partial charge in [0, 0.05) is 0 Å². The summed E-state index contributed by atoms with van der Waals surface area (Å²) in [5, 5.41) is 7.65. The van der Waals surface area contributed by atoms with Crippen molar-refractivity contribution in [3.05, 3.63) is 0 Å². The summed E-state index contributed by atoms with van der Waals surface area (Å²) in [5.41, 5.74) is 0. The molecule has 0 aliphatic carbocycles. The van der Waals surface area contributed by atoms with Crippen molar-refractivity contribution in [2.45, 2.75) is 36.3 Å². The first kappa shape index (κ1) is 18.7. The predicted octanol–water partition coefficient (Wildman–Crippen LogP) is 3.56. The van der Waals surface area contributed by atoms with Crippen LogP contribution in [0.2, 0.25) is 0 Å². The van der Waals surface area contributed by atoms with Crippen LogP contribution in [0.3, 0.4) is 0 Å². The van der Waals surface area contributed by atoms with Crippen molar-refractivity contribution >= 4 is 5.97 Å². The van der Waals surface area contributed by atoms with E-state index in [1.807, 2.05) is 0 Å². The third kappa shape index (κ3) is 2.90. The Labute approximate surface area is 102 Å². The zero-order chi connectivity index (χ0) is 16.8. The first-order chi connectivity index (χ1) is 8.40. The number of hydrogen-bond donors (Lipinski definition) is 1. The standard InChI is InChI=1S/C7H3F11O2/c8-3(9,5(12,13)2(19)20)1-4(10,11)6(14,15)7(16,17)18/h1H2,(H,19,20). The summed E-state index contributed by atoms with van der Waals surface area (Å²) < 4.78 is 134. The Balaban J connectivity index is 5.56. The molecule has 0 fully saturated rings. The van der Waals surface area contributed by atoms with Crippen molar-refractivity contribution in [1.29, 1.82) is 0 Å². The molecule has 0 radical (unpaired) electrons. The minimum Gasteiger partial charge on any atom is -0.477 e. The van der Waals surface area contributed by atoms with E-state index in [-0.39, 0.29) is 0 Å². The van der Waals surface area contributed by atoms with Crippen LogP contribution in [0.1, 0.15) is 6.42 Å². The lowest BCUT2D eigenvalue weighted by Crippen LogP contribution is -2.58. The van der Waals surface area contributed by atoms with Gasteiger partial charge in [0.1, 0.15) is 0 Å². The molecule has 2 nitrogen and oxygen atoms in total. The summed E-state index contributed by atoms with van der Waals surface area (Å²) in [4.78, 5) is 9.72. The van der Waals surface area contributed by atoms with Crippen LogP contribution in [0.15, 0.2) is 0 Å². The molecule has 0 aliphatic rings. The second-order valence-corrected chi connectivity index (χ2v) is 3.54. The number of halogens is 11. The molecular formula is C7H3F11O2. The fraction of sp³-hybridized carbons (Fsp3) is 0.857. The number of aliphatic carboxylic acids is 1. The molecule has 0 aromatic heterocycles. The molecule has 0 saturated heterocycles. The highest BCUT2D eigenvalue weighted by Crippen LogP contribution is 2.52. The van der Waals surface area contributed by atoms with E-state index < -0.39 is 42.3 Å². The van der Waals surface area contributed by atoms with Gasteiger partial charge in [0.25, 0.3) is 0 Å². The van der Waals surface area contributed by atoms with Crippen molar-refractivity contribution in [3.8, 4) is 0 Å². The van der Waals surface area contributed by atoms with E-state index in [0.29, 0.717) is 0 Å². The summed E-state index contributed by atoms with van der Waals surface area (Å²) in [6.07, 6.45) is -11.0. The third-order valence-electron chi connectivity index (χ3n) is 1.99. The van der Waals surface area contributed by atoms with E-state index in [4.69, 9.17) is 5.11 Å². The van der Waals surface area contributed by atoms with Crippen LogP contribution in [0.4, 0.5) is 48.3 Å². The third-order valence-corrected chi connectivity index (χ3v) is 1.99. The summed E-state index contributed by atoms with van der Waals surface area (Å²) in [5.74, 6) is -29.9. The molecule has 0 aliphatic heterocycles. The Morgan fingerprint density at radius 1 is 0.750 bits per heavy atom. The topological polar surface area (TPSA) is 37.3 Å². The Kier molecular flexibility index (Phi) is 4.32. The van der Waals surface area contributed by atoms with Gasteiger partial charge in [0.2, 0.25) is 0 Å². The molecule has 0 bridgehead atoms. The highest BCUT2D eigenvalue weighted by atomic mass is 19.4. The van der Waals surface area contributed by atoms with Crippen molar-refractivity contribution in [2.24, 2.45) is 0 Å². The molecule has 20 heavy (non-hydrogen) atoms. The Hall–Kier alpha value is -1.30. The Morgan fingerprint density at radius 2 is 1.10 bits per heavy atom. The van der Waals surface area contributed by atoms with Crippen LogP contribution >= 0.6 is 0 Å². The van der Waals surface area contributed by atoms with Gasteiger partial charge in [0.05, 0.1) is 6.42 Å². The van der Waals surface area contributed by atoms with Gasteiger partial charge in [-0.15, -0.1) is 0 Å². The molecule has 13 heteroatoms. The second-order valence-electron chi connectivity index (χ2n) is 3.54. The molecule has 0 rings (SSSR count). The van der Waals surface area contributed by atoms with Gasteiger partial charge in [-0.3, -0.25) is 0 Å². The predicted molar refractivity (Wildman–Crippen MR) is 38.1 cm³/mol. The molecule has 120 valence electrons. The van der Waals surface area contributed by atoms with E-state index in [0.717, 1.165) is 0 Å². The number of carboxylic acids is 1. The smallest absolute Gasteiger partial charge is 0.459 e. The first-order valence-corrected chi connectivity index (χ1v) is 4.21. The molecule has 0 aromatic carbocycles. The van der Waals surface area contributed by atoms with Gasteiger partial charge in [0.15, 0.2) is 0 Å². The molecule has 0 atom stereocenters. The van der Waals surface area contributed by atoms with Gasteiger partial charge < -0.3 is 5.11 Å². The van der Waals surface area contributed by atoms with Crippen molar-refractivity contribution in [2.75, 3.05) is 0 Å². The van der Waals surface area contributed by atoms with Crippen LogP contribution in [-0.4, -0.2) is 40.9 Å². The van der Waals surface area contributed by atoms with Crippen LogP contribution in [0.25, 0.3) is 0 Å². The van der Waals surface area contributed by atoms with Crippen LogP contribution in [0, 0.1) is 0 Å². The van der Waals surface area contributed by atoms with Gasteiger partial charge in [-0.05, 0) is 0 Å². The fourth-order valence-electron chi connectivity index (χ4n) is 0.865. The zero-order valence-electron chi connectivity index (χ0n) is 8.72. The maximum Gasteiger partial charge on any atom is 0.459 e. The number of rotatable bonds is 5. The van der Waals surface area contributed by atoms with E-state index in [9.17, 15) is 53.1 Å². The maximum absolute atomic E-state index is 12.6. The molecule has 0 unspecified atom stereocenters. The molecule has 1 N–H and O–H groups in total. The summed E-state index contributed by atoms with van der Waals surface area (Å²) in [7, 11) is 0. The summed E-state index contributed by atoms with van der Waals surface area (Å²) >= 11 is 0. The summed E-state index contributed by atoms with van der Waals surface area (Å²) in [6.45, 7) is 0. The normalized spacial score (nSPS) is 15.3. The van der Waals surface area contributed by atoms with Crippen molar-refractivity contribution in [1.82, 2.24) is 0 Å². The lowest BCUT2D eigenvalue weighted by molar-refractivity contribution is -0.368. The SMILES string of the molecule is O=C(O)C(F)(F)C(F)(F)CC(F)(F)C(F)(F)C(F)(F)F. The first-order valence-electron chi connectivity index (χ1n) is 4.21. The number of carboxylic acid groups (broad SMARTS) is 1. The van der Waals surface area contributed by atoms with E-state index in [1.165, 1.54) is 0 Å². The van der Waals surface area contributed by atoms with Gasteiger partial charge in [-0.1, -0.05) is 0 Å². The highest BCUT2D eigenvalue weighted by molar-refractivity contribution is 5.76. The molecule has 0 heterocycles. The van der Waals surface area contributed by atoms with Gasteiger partial charge in [-0.25, -0.2) is 4.79 Å². The molecule has 0 saturated carbocycles. The molecule has 0 aromatic rings. The van der Waals surface area contributed by atoms with Crippen LogP contribution in [-0.2, 0) is 4.79 Å². The monoisotopic (exact) mass is 328 g/mol. The quantitative estimate of drug-likeness (QED) is 0.784. The number of alkyl halides is 11. The Morgan fingerprint density at radius 3 is 1.35 bits per heavy atom. The molecule has 0 amide bonds. The number of hydrogen-bond acceptors (Lipinski definition) is 1. The molecule has 0 spiro atoms. The molecular weight excluding hydrogens is 325 g/mol. The average Bonchev–Trinajstić information content (AvgIpc) is 2.12. The lowest BCUT2D eigenvalue weighted by Gasteiger charge is -2.32. The minimum atomic E-state index is -7.04. The Bertz CT molecular complexity index is 383. The minimum absolute atomic E-state index is 3.66. The van der Waals surface area contributed by atoms with Crippen molar-refractivity contribution in [3.63, 3.8) is 0 Å².